The van der Waals surface area contributed by atoms with Gasteiger partial charge in [-0.1, -0.05) is 29.8 Å². The van der Waals surface area contributed by atoms with Crippen molar-refractivity contribution in [3.63, 3.8) is 0 Å². The van der Waals surface area contributed by atoms with Gasteiger partial charge in [-0.2, -0.15) is 0 Å². The van der Waals surface area contributed by atoms with E-state index in [1.807, 2.05) is 31.2 Å². The lowest BCUT2D eigenvalue weighted by molar-refractivity contribution is -0.111. The third-order valence-corrected chi connectivity index (χ3v) is 2.95. The van der Waals surface area contributed by atoms with E-state index < -0.39 is 0 Å². The number of ether oxygens (including phenoxy) is 1. The van der Waals surface area contributed by atoms with E-state index in [1.165, 1.54) is 6.08 Å². The molecule has 4 heteroatoms. The van der Waals surface area contributed by atoms with E-state index in [2.05, 4.69) is 5.32 Å². The van der Waals surface area contributed by atoms with Crippen LogP contribution in [0.15, 0.2) is 54.6 Å². The second-order valence-corrected chi connectivity index (χ2v) is 4.77. The Labute approximate surface area is 129 Å². The van der Waals surface area contributed by atoms with Gasteiger partial charge in [0, 0.05) is 16.8 Å². The quantitative estimate of drug-likeness (QED) is 0.832. The van der Waals surface area contributed by atoms with Gasteiger partial charge in [0.15, 0.2) is 0 Å². The average Bonchev–Trinajstić information content (AvgIpc) is 2.47. The van der Waals surface area contributed by atoms with Gasteiger partial charge < -0.3 is 10.1 Å². The van der Waals surface area contributed by atoms with Gasteiger partial charge in [0.05, 0.1) is 6.61 Å². The van der Waals surface area contributed by atoms with Crippen LogP contribution in [-0.4, -0.2) is 12.5 Å². The van der Waals surface area contributed by atoms with Crippen LogP contribution in [0.5, 0.6) is 5.75 Å². The van der Waals surface area contributed by atoms with E-state index in [0.29, 0.717) is 17.3 Å². The molecule has 0 saturated heterocycles. The third kappa shape index (κ3) is 4.97. The Morgan fingerprint density at radius 2 is 2.00 bits per heavy atom. The van der Waals surface area contributed by atoms with E-state index in [0.717, 1.165) is 11.3 Å². The normalized spacial score (nSPS) is 10.6. The average molecular weight is 302 g/mol. The molecule has 1 N–H and O–H groups in total. The molecule has 3 nitrogen and oxygen atoms in total. The van der Waals surface area contributed by atoms with E-state index in [4.69, 9.17) is 16.3 Å². The summed E-state index contributed by atoms with van der Waals surface area (Å²) in [5.74, 6) is 0.615. The fraction of sp³-hybridized carbons (Fsp3) is 0.118. The van der Waals surface area contributed by atoms with E-state index in [9.17, 15) is 4.79 Å². The fourth-order valence-electron chi connectivity index (χ4n) is 1.76. The molecule has 0 atom stereocenters. The Morgan fingerprint density at radius 3 is 2.67 bits per heavy atom. The lowest BCUT2D eigenvalue weighted by atomic mass is 10.2. The van der Waals surface area contributed by atoms with Crippen molar-refractivity contribution in [2.45, 2.75) is 6.92 Å². The zero-order chi connectivity index (χ0) is 15.1. The molecule has 2 aromatic carbocycles. The van der Waals surface area contributed by atoms with E-state index in [-0.39, 0.29) is 5.91 Å². The van der Waals surface area contributed by atoms with E-state index >= 15 is 0 Å². The number of anilines is 1. The van der Waals surface area contributed by atoms with Gasteiger partial charge in [-0.3, -0.25) is 4.79 Å². The molecular weight excluding hydrogens is 286 g/mol. The zero-order valence-corrected chi connectivity index (χ0v) is 12.4. The fourth-order valence-corrected chi connectivity index (χ4v) is 1.95. The third-order valence-electron chi connectivity index (χ3n) is 2.71. The Bertz CT molecular complexity index is 635. The highest BCUT2D eigenvalue weighted by atomic mass is 35.5. The van der Waals surface area contributed by atoms with Crippen molar-refractivity contribution in [3.05, 3.63) is 65.2 Å². The first-order chi connectivity index (χ1) is 10.2. The molecule has 1 amide bonds. The summed E-state index contributed by atoms with van der Waals surface area (Å²) in [5.41, 5.74) is 1.60. The molecule has 108 valence electrons. The number of benzene rings is 2. The molecular formula is C17H16ClNO2. The maximum Gasteiger partial charge on any atom is 0.248 e. The molecule has 0 fully saturated rings. The number of hydrogen-bond acceptors (Lipinski definition) is 2. The van der Waals surface area contributed by atoms with Gasteiger partial charge in [0.25, 0.3) is 0 Å². The van der Waals surface area contributed by atoms with Crippen molar-refractivity contribution >= 4 is 29.3 Å². The number of carbonyl (C=O) groups excluding carboxylic acids is 1. The Morgan fingerprint density at radius 1 is 1.24 bits per heavy atom. The van der Waals surface area contributed by atoms with Gasteiger partial charge >= 0.3 is 0 Å². The summed E-state index contributed by atoms with van der Waals surface area (Å²) >= 11 is 5.86. The minimum atomic E-state index is -0.203. The number of nitrogens with one attached hydrogen (secondary N) is 1. The first kappa shape index (κ1) is 15.1. The summed E-state index contributed by atoms with van der Waals surface area (Å²) in [6.07, 6.45) is 3.23. The van der Waals surface area contributed by atoms with Crippen molar-refractivity contribution in [2.24, 2.45) is 0 Å². The molecule has 0 aliphatic carbocycles. The lowest BCUT2D eigenvalue weighted by Gasteiger charge is -2.03. The maximum absolute atomic E-state index is 11.8. The number of carbonyl (C=O) groups is 1. The number of rotatable bonds is 5. The van der Waals surface area contributed by atoms with Crippen LogP contribution in [0.4, 0.5) is 5.69 Å². The lowest BCUT2D eigenvalue weighted by Crippen LogP contribution is -2.07. The van der Waals surface area contributed by atoms with Crippen LogP contribution in [0.25, 0.3) is 6.08 Å². The second kappa shape index (κ2) is 7.50. The molecule has 21 heavy (non-hydrogen) atoms. The van der Waals surface area contributed by atoms with Crippen molar-refractivity contribution in [1.29, 1.82) is 0 Å². The predicted octanol–water partition coefficient (Wildman–Crippen LogP) is 4.39. The van der Waals surface area contributed by atoms with Crippen LogP contribution in [0.2, 0.25) is 5.02 Å². The second-order valence-electron chi connectivity index (χ2n) is 4.33. The van der Waals surface area contributed by atoms with Crippen molar-refractivity contribution in [3.8, 4) is 5.75 Å². The zero-order valence-electron chi connectivity index (χ0n) is 11.7. The molecule has 0 bridgehead atoms. The minimum Gasteiger partial charge on any atom is -0.494 e. The van der Waals surface area contributed by atoms with Gasteiger partial charge in [0.1, 0.15) is 5.75 Å². The van der Waals surface area contributed by atoms with Gasteiger partial charge in [0.2, 0.25) is 5.91 Å². The SMILES string of the molecule is CCOc1ccc(/C=C/C(=O)Nc2cccc(Cl)c2)cc1. The van der Waals surface area contributed by atoms with Gasteiger partial charge in [-0.25, -0.2) is 0 Å². The van der Waals surface area contributed by atoms with Crippen LogP contribution < -0.4 is 10.1 Å². The summed E-state index contributed by atoms with van der Waals surface area (Å²) < 4.78 is 5.36. The topological polar surface area (TPSA) is 38.3 Å². The molecule has 2 aromatic rings. The monoisotopic (exact) mass is 301 g/mol. The largest absolute Gasteiger partial charge is 0.494 e. The van der Waals surface area contributed by atoms with Crippen LogP contribution in [0, 0.1) is 0 Å². The van der Waals surface area contributed by atoms with Crippen LogP contribution in [0.3, 0.4) is 0 Å². The standard InChI is InChI=1S/C17H16ClNO2/c1-2-21-16-9-6-13(7-10-16)8-11-17(20)19-15-5-3-4-14(18)12-15/h3-12H,2H2,1H3,(H,19,20)/b11-8+. The smallest absolute Gasteiger partial charge is 0.248 e. The maximum atomic E-state index is 11.8. The van der Waals surface area contributed by atoms with Crippen LogP contribution in [0.1, 0.15) is 12.5 Å². The summed E-state index contributed by atoms with van der Waals surface area (Å²) in [7, 11) is 0. The molecule has 0 aliphatic rings. The Kier molecular flexibility index (Phi) is 5.41. The number of amides is 1. The molecule has 0 radical (unpaired) electrons. The summed E-state index contributed by atoms with van der Waals surface area (Å²) in [4.78, 5) is 11.8. The van der Waals surface area contributed by atoms with E-state index in [1.54, 1.807) is 30.3 Å². The van der Waals surface area contributed by atoms with Gasteiger partial charge in [-0.05, 0) is 48.9 Å². The molecule has 0 aliphatic heterocycles. The molecule has 0 aromatic heterocycles. The summed E-state index contributed by atoms with van der Waals surface area (Å²) in [5, 5.41) is 3.34. The van der Waals surface area contributed by atoms with Gasteiger partial charge in [-0.15, -0.1) is 0 Å². The number of halogens is 1. The summed E-state index contributed by atoms with van der Waals surface area (Å²) in [6, 6.07) is 14.6. The van der Waals surface area contributed by atoms with Crippen LogP contribution in [-0.2, 0) is 4.79 Å². The van der Waals surface area contributed by atoms with Crippen molar-refractivity contribution in [1.82, 2.24) is 0 Å². The summed E-state index contributed by atoms with van der Waals surface area (Å²) in [6.45, 7) is 2.57. The number of hydrogen-bond donors (Lipinski definition) is 1. The van der Waals surface area contributed by atoms with Crippen LogP contribution >= 0.6 is 11.6 Å². The highest BCUT2D eigenvalue weighted by molar-refractivity contribution is 6.30. The highest BCUT2D eigenvalue weighted by Gasteiger charge is 1.98. The van der Waals surface area contributed by atoms with Crippen molar-refractivity contribution < 1.29 is 9.53 Å². The first-order valence-corrected chi connectivity index (χ1v) is 7.02. The highest BCUT2D eigenvalue weighted by Crippen LogP contribution is 2.15. The van der Waals surface area contributed by atoms with Crippen molar-refractivity contribution in [2.75, 3.05) is 11.9 Å². The molecule has 0 heterocycles. The molecule has 0 spiro atoms. The Balaban J connectivity index is 1.95. The molecule has 2 rings (SSSR count). The minimum absolute atomic E-state index is 0.203. The Hall–Kier alpha value is -2.26. The molecule has 0 saturated carbocycles. The molecule has 0 unspecified atom stereocenters. The predicted molar refractivity (Wildman–Crippen MR) is 86.7 cm³/mol. The first-order valence-electron chi connectivity index (χ1n) is 6.65.